The molecule has 2 aromatic rings. The van der Waals surface area contributed by atoms with Gasteiger partial charge in [-0.2, -0.15) is 0 Å². The minimum absolute atomic E-state index is 0.0223. The number of fused-ring (bicyclic) bond motifs is 1. The molecule has 24 heavy (non-hydrogen) atoms. The molecule has 6 heteroatoms. The topological polar surface area (TPSA) is 54.7 Å². The number of halogens is 1. The third kappa shape index (κ3) is 3.01. The molecule has 0 unspecified atom stereocenters. The van der Waals surface area contributed by atoms with Gasteiger partial charge in [-0.15, -0.1) is 4.91 Å². The van der Waals surface area contributed by atoms with Crippen LogP contribution in [0.2, 0.25) is 5.02 Å². The Morgan fingerprint density at radius 3 is 2.75 bits per heavy atom. The van der Waals surface area contributed by atoms with Gasteiger partial charge in [0.05, 0.1) is 0 Å². The van der Waals surface area contributed by atoms with Gasteiger partial charge in [-0.25, -0.2) is 0 Å². The molecule has 1 fully saturated rings. The van der Waals surface area contributed by atoms with Gasteiger partial charge in [-0.3, -0.25) is 9.69 Å². The zero-order chi connectivity index (χ0) is 16.7. The summed E-state index contributed by atoms with van der Waals surface area (Å²) in [4.78, 5) is 24.7. The fourth-order valence-corrected chi connectivity index (χ4v) is 3.56. The van der Waals surface area contributed by atoms with Crippen LogP contribution in [0.1, 0.15) is 35.6 Å². The van der Waals surface area contributed by atoms with E-state index in [0.717, 1.165) is 35.9 Å². The summed E-state index contributed by atoms with van der Waals surface area (Å²) >= 11 is 6.46. The lowest BCUT2D eigenvalue weighted by atomic mass is 10.1. The van der Waals surface area contributed by atoms with E-state index in [1.54, 1.807) is 6.20 Å². The van der Waals surface area contributed by atoms with Crippen molar-refractivity contribution in [3.63, 3.8) is 0 Å². The Balaban J connectivity index is 1.51. The Morgan fingerprint density at radius 1 is 1.21 bits per heavy atom. The van der Waals surface area contributed by atoms with Crippen molar-refractivity contribution in [1.82, 2.24) is 9.47 Å². The molecule has 1 saturated carbocycles. The number of pyridine rings is 1. The van der Waals surface area contributed by atoms with Crippen molar-refractivity contribution in [2.75, 3.05) is 6.54 Å². The van der Waals surface area contributed by atoms with Gasteiger partial charge in [-0.05, 0) is 41.1 Å². The molecule has 1 aliphatic carbocycles. The number of rotatable bonds is 4. The minimum atomic E-state index is -0.315. The van der Waals surface area contributed by atoms with Gasteiger partial charge in [0.1, 0.15) is 0 Å². The largest absolute Gasteiger partial charge is 0.346 e. The van der Waals surface area contributed by atoms with Gasteiger partial charge in [-0.1, -0.05) is 23.7 Å². The normalized spacial score (nSPS) is 17.5. The monoisotopic (exact) mass is 343 g/mol. The van der Waals surface area contributed by atoms with Crippen molar-refractivity contribution in [2.45, 2.75) is 38.4 Å². The Hall–Kier alpha value is -1.98. The van der Waals surface area contributed by atoms with Gasteiger partial charge in [0, 0.05) is 49.2 Å². The Labute approximate surface area is 144 Å². The van der Waals surface area contributed by atoms with Crippen LogP contribution in [0.25, 0.3) is 0 Å². The molecular weight excluding hydrogens is 326 g/mol. The molecule has 1 aliphatic heterocycles. The van der Waals surface area contributed by atoms with Crippen LogP contribution in [0.4, 0.5) is 5.69 Å². The molecule has 0 atom stereocenters. The molecule has 0 N–H and O–H groups in total. The summed E-state index contributed by atoms with van der Waals surface area (Å²) in [6.45, 7) is 2.99. The Morgan fingerprint density at radius 2 is 2.04 bits per heavy atom. The standard InChI is InChI=1S/C18H18ClN3O2/c19-16-7-13(12-1-2-12)3-4-14(16)9-21-5-6-22-11-17(20-24)18(23)8-15(22)10-21/h3-4,7-8,11-12H,1-2,5-6,9-10H2. The van der Waals surface area contributed by atoms with Crippen LogP contribution in [-0.2, 0) is 19.6 Å². The molecule has 1 aromatic carbocycles. The molecule has 0 spiro atoms. The first kappa shape index (κ1) is 15.5. The number of benzene rings is 1. The first-order chi connectivity index (χ1) is 11.6. The molecule has 1 aromatic heterocycles. The summed E-state index contributed by atoms with van der Waals surface area (Å²) in [5.41, 5.74) is 3.02. The van der Waals surface area contributed by atoms with Gasteiger partial charge in [0.25, 0.3) is 0 Å². The van der Waals surface area contributed by atoms with E-state index < -0.39 is 0 Å². The van der Waals surface area contributed by atoms with Crippen LogP contribution in [0, 0.1) is 4.91 Å². The van der Waals surface area contributed by atoms with Crippen LogP contribution in [0.5, 0.6) is 0 Å². The van der Waals surface area contributed by atoms with Gasteiger partial charge < -0.3 is 4.57 Å². The lowest BCUT2D eigenvalue weighted by Crippen LogP contribution is -2.34. The third-order valence-corrected chi connectivity index (χ3v) is 5.21. The molecular formula is C18H18ClN3O2. The number of nitrogens with zero attached hydrogens (tertiary/aromatic N) is 3. The summed E-state index contributed by atoms with van der Waals surface area (Å²) in [5.74, 6) is 0.700. The molecule has 0 radical (unpaired) electrons. The van der Waals surface area contributed by atoms with Crippen molar-refractivity contribution in [1.29, 1.82) is 0 Å². The van der Waals surface area contributed by atoms with E-state index in [9.17, 15) is 9.70 Å². The number of aromatic nitrogens is 1. The maximum Gasteiger partial charge on any atom is 0.211 e. The average molecular weight is 344 g/mol. The van der Waals surface area contributed by atoms with E-state index in [1.165, 1.54) is 24.5 Å². The second kappa shape index (κ2) is 6.15. The molecule has 124 valence electrons. The molecule has 0 bridgehead atoms. The molecule has 2 aliphatic rings. The molecule has 0 saturated heterocycles. The van der Waals surface area contributed by atoms with Gasteiger partial charge in [0.15, 0.2) is 5.69 Å². The van der Waals surface area contributed by atoms with E-state index in [0.29, 0.717) is 12.5 Å². The maximum absolute atomic E-state index is 11.8. The highest BCUT2D eigenvalue weighted by Crippen LogP contribution is 2.41. The zero-order valence-corrected chi connectivity index (χ0v) is 14.0. The summed E-state index contributed by atoms with van der Waals surface area (Å²) in [6.07, 6.45) is 4.09. The van der Waals surface area contributed by atoms with E-state index in [-0.39, 0.29) is 11.1 Å². The van der Waals surface area contributed by atoms with Crippen molar-refractivity contribution in [3.05, 3.63) is 67.4 Å². The first-order valence-electron chi connectivity index (χ1n) is 8.21. The van der Waals surface area contributed by atoms with Crippen molar-refractivity contribution >= 4 is 17.3 Å². The zero-order valence-electron chi connectivity index (χ0n) is 13.2. The molecule has 0 amide bonds. The van der Waals surface area contributed by atoms with E-state index in [1.807, 2.05) is 4.57 Å². The lowest BCUT2D eigenvalue weighted by molar-refractivity contribution is 0.211. The second-order valence-electron chi connectivity index (χ2n) is 6.63. The predicted molar refractivity (Wildman–Crippen MR) is 93.7 cm³/mol. The van der Waals surface area contributed by atoms with Crippen molar-refractivity contribution in [3.8, 4) is 0 Å². The summed E-state index contributed by atoms with van der Waals surface area (Å²) in [7, 11) is 0. The van der Waals surface area contributed by atoms with E-state index >= 15 is 0 Å². The van der Waals surface area contributed by atoms with E-state index in [2.05, 4.69) is 28.3 Å². The van der Waals surface area contributed by atoms with Crippen LogP contribution >= 0.6 is 11.6 Å². The van der Waals surface area contributed by atoms with Crippen LogP contribution < -0.4 is 5.43 Å². The second-order valence-corrected chi connectivity index (χ2v) is 7.04. The molecule has 2 heterocycles. The van der Waals surface area contributed by atoms with Crippen LogP contribution in [0.3, 0.4) is 0 Å². The smallest absolute Gasteiger partial charge is 0.211 e. The third-order valence-electron chi connectivity index (χ3n) is 4.86. The van der Waals surface area contributed by atoms with Crippen molar-refractivity contribution < 1.29 is 0 Å². The predicted octanol–water partition coefficient (Wildman–Crippen LogP) is 3.79. The highest BCUT2D eigenvalue weighted by Gasteiger charge is 2.24. The Kier molecular flexibility index (Phi) is 3.98. The first-order valence-corrected chi connectivity index (χ1v) is 8.59. The maximum atomic E-state index is 11.8. The average Bonchev–Trinajstić information content (AvgIpc) is 3.41. The number of hydrogen-bond acceptors (Lipinski definition) is 4. The highest BCUT2D eigenvalue weighted by atomic mass is 35.5. The molecule has 4 rings (SSSR count). The van der Waals surface area contributed by atoms with Crippen molar-refractivity contribution in [2.24, 2.45) is 5.18 Å². The quantitative estimate of drug-likeness (QED) is 0.793. The lowest BCUT2D eigenvalue weighted by Gasteiger charge is -2.30. The van der Waals surface area contributed by atoms with Crippen LogP contribution in [0.15, 0.2) is 40.4 Å². The molecule has 5 nitrogen and oxygen atoms in total. The highest BCUT2D eigenvalue weighted by molar-refractivity contribution is 6.31. The van der Waals surface area contributed by atoms with E-state index in [4.69, 9.17) is 11.6 Å². The Bertz CT molecular complexity index is 858. The van der Waals surface area contributed by atoms with Gasteiger partial charge >= 0.3 is 0 Å². The summed E-state index contributed by atoms with van der Waals surface area (Å²) in [6, 6.07) is 7.92. The SMILES string of the molecule is O=Nc1cn2c(cc1=O)CN(Cc1ccc(C3CC3)cc1Cl)CC2. The van der Waals surface area contributed by atoms with Crippen LogP contribution in [-0.4, -0.2) is 16.0 Å². The fraction of sp³-hybridized carbons (Fsp3) is 0.389. The number of nitroso groups, excluding NO2 is 1. The van der Waals surface area contributed by atoms with Gasteiger partial charge in [0.2, 0.25) is 5.43 Å². The summed E-state index contributed by atoms with van der Waals surface area (Å²) < 4.78 is 1.94. The minimum Gasteiger partial charge on any atom is -0.346 e. The fourth-order valence-electron chi connectivity index (χ4n) is 3.31. The number of hydrogen-bond donors (Lipinski definition) is 0. The summed E-state index contributed by atoms with van der Waals surface area (Å²) in [5, 5.41) is 3.61.